The third-order valence-electron chi connectivity index (χ3n) is 4.80. The van der Waals surface area contributed by atoms with E-state index in [4.69, 9.17) is 4.74 Å². The second-order valence-corrected chi connectivity index (χ2v) is 6.29. The summed E-state index contributed by atoms with van der Waals surface area (Å²) in [6.45, 7) is 8.00. The standard InChI is InChI=1S/C18H25N3O3/c1-2-15-3-5-16(6-4-15)17(22)20-10-7-19(8-11-20)9-12-21-13-14-24-18(21)23/h3-6H,2,7-14H2,1H3. The third kappa shape index (κ3) is 3.87. The Balaban J connectivity index is 1.45. The summed E-state index contributed by atoms with van der Waals surface area (Å²) in [4.78, 5) is 29.9. The molecule has 0 radical (unpaired) electrons. The molecular weight excluding hydrogens is 306 g/mol. The number of amides is 2. The van der Waals surface area contributed by atoms with Crippen LogP contribution in [0.5, 0.6) is 0 Å². The topological polar surface area (TPSA) is 53.1 Å². The van der Waals surface area contributed by atoms with Gasteiger partial charge in [-0.25, -0.2) is 4.79 Å². The quantitative estimate of drug-likeness (QED) is 0.820. The lowest BCUT2D eigenvalue weighted by Crippen LogP contribution is -2.50. The molecule has 0 saturated carbocycles. The van der Waals surface area contributed by atoms with E-state index in [1.165, 1.54) is 5.56 Å². The zero-order chi connectivity index (χ0) is 16.9. The summed E-state index contributed by atoms with van der Waals surface area (Å²) < 4.78 is 4.93. The number of carbonyl (C=O) groups excluding carboxylic acids is 2. The van der Waals surface area contributed by atoms with E-state index in [1.807, 2.05) is 29.2 Å². The molecule has 2 aliphatic heterocycles. The van der Waals surface area contributed by atoms with Crippen LogP contribution in [-0.2, 0) is 11.2 Å². The van der Waals surface area contributed by atoms with E-state index in [1.54, 1.807) is 4.90 Å². The van der Waals surface area contributed by atoms with Crippen molar-refractivity contribution in [2.24, 2.45) is 0 Å². The molecule has 1 aromatic carbocycles. The maximum absolute atomic E-state index is 12.6. The number of hydrogen-bond acceptors (Lipinski definition) is 4. The van der Waals surface area contributed by atoms with Crippen molar-refractivity contribution in [3.63, 3.8) is 0 Å². The van der Waals surface area contributed by atoms with E-state index in [0.717, 1.165) is 44.7 Å². The molecule has 0 N–H and O–H groups in total. The van der Waals surface area contributed by atoms with Gasteiger partial charge < -0.3 is 14.5 Å². The van der Waals surface area contributed by atoms with Crippen LogP contribution >= 0.6 is 0 Å². The van der Waals surface area contributed by atoms with Crippen LogP contribution < -0.4 is 0 Å². The minimum absolute atomic E-state index is 0.112. The van der Waals surface area contributed by atoms with Crippen LogP contribution in [0.2, 0.25) is 0 Å². The van der Waals surface area contributed by atoms with Crippen molar-refractivity contribution in [3.8, 4) is 0 Å². The zero-order valence-electron chi connectivity index (χ0n) is 14.2. The van der Waals surface area contributed by atoms with Gasteiger partial charge in [-0.2, -0.15) is 0 Å². The van der Waals surface area contributed by atoms with Gasteiger partial charge in [0.15, 0.2) is 0 Å². The number of aryl methyl sites for hydroxylation is 1. The van der Waals surface area contributed by atoms with Crippen LogP contribution in [0, 0.1) is 0 Å². The molecule has 0 atom stereocenters. The number of benzene rings is 1. The van der Waals surface area contributed by atoms with Crippen LogP contribution in [-0.4, -0.2) is 79.1 Å². The van der Waals surface area contributed by atoms with E-state index < -0.39 is 0 Å². The Hall–Kier alpha value is -2.08. The Kier molecular flexibility index (Phi) is 5.35. The molecule has 0 aromatic heterocycles. The average Bonchev–Trinajstić information content (AvgIpc) is 3.05. The fourth-order valence-corrected chi connectivity index (χ4v) is 3.13. The molecule has 0 unspecified atom stereocenters. The summed E-state index contributed by atoms with van der Waals surface area (Å²) in [6, 6.07) is 7.90. The molecule has 2 heterocycles. The van der Waals surface area contributed by atoms with E-state index >= 15 is 0 Å². The molecule has 6 nitrogen and oxygen atoms in total. The van der Waals surface area contributed by atoms with E-state index in [2.05, 4.69) is 11.8 Å². The predicted molar refractivity (Wildman–Crippen MR) is 91.1 cm³/mol. The first kappa shape index (κ1) is 16.8. The Labute approximate surface area is 143 Å². The van der Waals surface area contributed by atoms with Gasteiger partial charge in [-0.05, 0) is 24.1 Å². The van der Waals surface area contributed by atoms with Gasteiger partial charge in [-0.3, -0.25) is 9.69 Å². The second kappa shape index (κ2) is 7.66. The predicted octanol–water partition coefficient (Wildman–Crippen LogP) is 1.46. The molecule has 2 saturated heterocycles. The summed E-state index contributed by atoms with van der Waals surface area (Å²) in [5.74, 6) is 0.112. The minimum Gasteiger partial charge on any atom is -0.448 e. The SMILES string of the molecule is CCc1ccc(C(=O)N2CCN(CCN3CCOC3=O)CC2)cc1. The Morgan fingerprint density at radius 2 is 1.75 bits per heavy atom. The molecule has 0 spiro atoms. The maximum atomic E-state index is 12.6. The zero-order valence-corrected chi connectivity index (χ0v) is 14.2. The summed E-state index contributed by atoms with van der Waals surface area (Å²) >= 11 is 0. The van der Waals surface area contributed by atoms with Crippen molar-refractivity contribution in [1.29, 1.82) is 0 Å². The minimum atomic E-state index is -0.209. The fourth-order valence-electron chi connectivity index (χ4n) is 3.13. The average molecular weight is 331 g/mol. The number of rotatable bonds is 5. The summed E-state index contributed by atoms with van der Waals surface area (Å²) in [5, 5.41) is 0. The van der Waals surface area contributed by atoms with Gasteiger partial charge in [-0.15, -0.1) is 0 Å². The molecule has 2 aliphatic rings. The van der Waals surface area contributed by atoms with E-state index in [9.17, 15) is 9.59 Å². The van der Waals surface area contributed by atoms with E-state index in [0.29, 0.717) is 19.7 Å². The number of piperazine rings is 1. The number of carbonyl (C=O) groups is 2. The first-order valence-corrected chi connectivity index (χ1v) is 8.69. The molecule has 1 aromatic rings. The van der Waals surface area contributed by atoms with Crippen molar-refractivity contribution in [3.05, 3.63) is 35.4 Å². The molecule has 130 valence electrons. The second-order valence-electron chi connectivity index (χ2n) is 6.29. The van der Waals surface area contributed by atoms with Crippen molar-refractivity contribution in [2.75, 3.05) is 52.4 Å². The number of ether oxygens (including phenoxy) is 1. The first-order chi connectivity index (χ1) is 11.7. The maximum Gasteiger partial charge on any atom is 0.409 e. The molecule has 0 aliphatic carbocycles. The van der Waals surface area contributed by atoms with Crippen LogP contribution in [0.4, 0.5) is 4.79 Å². The molecular formula is C18H25N3O3. The summed E-state index contributed by atoms with van der Waals surface area (Å²) in [7, 11) is 0. The highest BCUT2D eigenvalue weighted by molar-refractivity contribution is 5.94. The highest BCUT2D eigenvalue weighted by Gasteiger charge is 2.25. The molecule has 0 bridgehead atoms. The number of cyclic esters (lactones) is 1. The highest BCUT2D eigenvalue weighted by atomic mass is 16.6. The van der Waals surface area contributed by atoms with Gasteiger partial charge in [0.25, 0.3) is 5.91 Å². The fraction of sp³-hybridized carbons (Fsp3) is 0.556. The van der Waals surface area contributed by atoms with Crippen molar-refractivity contribution in [1.82, 2.24) is 14.7 Å². The van der Waals surface area contributed by atoms with E-state index in [-0.39, 0.29) is 12.0 Å². The van der Waals surface area contributed by atoms with Gasteiger partial charge in [0, 0.05) is 44.8 Å². The van der Waals surface area contributed by atoms with Crippen LogP contribution in [0.1, 0.15) is 22.8 Å². The highest BCUT2D eigenvalue weighted by Crippen LogP contribution is 2.11. The van der Waals surface area contributed by atoms with Gasteiger partial charge in [0.05, 0.1) is 6.54 Å². The third-order valence-corrected chi connectivity index (χ3v) is 4.80. The molecule has 2 fully saturated rings. The van der Waals surface area contributed by atoms with Crippen molar-refractivity contribution in [2.45, 2.75) is 13.3 Å². The van der Waals surface area contributed by atoms with Gasteiger partial charge in [-0.1, -0.05) is 19.1 Å². The van der Waals surface area contributed by atoms with Gasteiger partial charge in [0.1, 0.15) is 6.61 Å². The summed E-state index contributed by atoms with van der Waals surface area (Å²) in [6.07, 6.45) is 0.775. The van der Waals surface area contributed by atoms with Crippen molar-refractivity contribution >= 4 is 12.0 Å². The summed E-state index contributed by atoms with van der Waals surface area (Å²) in [5.41, 5.74) is 2.01. The number of hydrogen-bond donors (Lipinski definition) is 0. The Bertz CT molecular complexity index is 580. The normalized spacial score (nSPS) is 18.8. The van der Waals surface area contributed by atoms with Crippen LogP contribution in [0.15, 0.2) is 24.3 Å². The smallest absolute Gasteiger partial charge is 0.409 e. The first-order valence-electron chi connectivity index (χ1n) is 8.69. The largest absolute Gasteiger partial charge is 0.448 e. The Morgan fingerprint density at radius 3 is 2.33 bits per heavy atom. The lowest BCUT2D eigenvalue weighted by molar-refractivity contribution is 0.0629. The van der Waals surface area contributed by atoms with Gasteiger partial charge >= 0.3 is 6.09 Å². The molecule has 3 rings (SSSR count). The monoisotopic (exact) mass is 331 g/mol. The molecule has 2 amide bonds. The lowest BCUT2D eigenvalue weighted by Gasteiger charge is -2.35. The lowest BCUT2D eigenvalue weighted by atomic mass is 10.1. The van der Waals surface area contributed by atoms with Crippen molar-refractivity contribution < 1.29 is 14.3 Å². The molecule has 6 heteroatoms. The van der Waals surface area contributed by atoms with Gasteiger partial charge in [0.2, 0.25) is 0 Å². The van der Waals surface area contributed by atoms with Crippen LogP contribution in [0.25, 0.3) is 0 Å². The van der Waals surface area contributed by atoms with Crippen LogP contribution in [0.3, 0.4) is 0 Å². The number of nitrogens with zero attached hydrogens (tertiary/aromatic N) is 3. The Morgan fingerprint density at radius 1 is 1.04 bits per heavy atom. The molecule has 24 heavy (non-hydrogen) atoms.